The van der Waals surface area contributed by atoms with Crippen LogP contribution >= 0.6 is 0 Å². The van der Waals surface area contributed by atoms with Crippen molar-refractivity contribution in [2.75, 3.05) is 13.2 Å². The number of aryl methyl sites for hydroxylation is 1. The van der Waals surface area contributed by atoms with Gasteiger partial charge in [-0.2, -0.15) is 0 Å². The first-order chi connectivity index (χ1) is 11.1. The smallest absolute Gasteiger partial charge is 0.307 e. The average molecular weight is 315 g/mol. The Kier molecular flexibility index (Phi) is 5.97. The molecule has 2 aromatic rings. The highest BCUT2D eigenvalue weighted by atomic mass is 16.5. The Balaban J connectivity index is 2.11. The normalized spacial score (nSPS) is 10.3. The van der Waals surface area contributed by atoms with Gasteiger partial charge in [0, 0.05) is 12.1 Å². The molecule has 1 heterocycles. The Morgan fingerprint density at radius 3 is 2.70 bits per heavy atom. The van der Waals surface area contributed by atoms with Crippen LogP contribution in [0.15, 0.2) is 47.1 Å². The van der Waals surface area contributed by atoms with Crippen molar-refractivity contribution in [1.29, 1.82) is 0 Å². The number of nitrogens with zero attached hydrogens (tertiary/aromatic N) is 1. The molecule has 0 aliphatic carbocycles. The summed E-state index contributed by atoms with van der Waals surface area (Å²) in [6.07, 6.45) is 1.72. The zero-order valence-electron chi connectivity index (χ0n) is 13.5. The maximum atomic E-state index is 12.7. The summed E-state index contributed by atoms with van der Waals surface area (Å²) < 4.78 is 10.2. The summed E-state index contributed by atoms with van der Waals surface area (Å²) in [4.78, 5) is 25.9. The van der Waals surface area contributed by atoms with Crippen molar-refractivity contribution in [2.45, 2.75) is 26.8 Å². The number of furan rings is 1. The predicted octanol–water partition coefficient (Wildman–Crippen LogP) is 3.18. The van der Waals surface area contributed by atoms with Gasteiger partial charge in [0.2, 0.25) is 0 Å². The molecule has 122 valence electrons. The zero-order chi connectivity index (χ0) is 16.7. The van der Waals surface area contributed by atoms with E-state index >= 15 is 0 Å². The summed E-state index contributed by atoms with van der Waals surface area (Å²) in [6, 6.07) is 11.0. The van der Waals surface area contributed by atoms with Crippen LogP contribution in [-0.4, -0.2) is 29.9 Å². The number of hydrogen-bond donors (Lipinski definition) is 0. The topological polar surface area (TPSA) is 59.8 Å². The maximum absolute atomic E-state index is 12.7. The average Bonchev–Trinajstić information content (AvgIpc) is 3.04. The van der Waals surface area contributed by atoms with Crippen LogP contribution in [-0.2, 0) is 16.1 Å². The van der Waals surface area contributed by atoms with Gasteiger partial charge in [-0.05, 0) is 38.1 Å². The van der Waals surface area contributed by atoms with Crippen LogP contribution in [0.4, 0.5) is 0 Å². The third-order valence-corrected chi connectivity index (χ3v) is 3.37. The van der Waals surface area contributed by atoms with E-state index in [0.29, 0.717) is 24.5 Å². The number of esters is 1. The molecule has 0 saturated heterocycles. The van der Waals surface area contributed by atoms with Gasteiger partial charge in [-0.1, -0.05) is 17.7 Å². The van der Waals surface area contributed by atoms with E-state index in [4.69, 9.17) is 9.15 Å². The van der Waals surface area contributed by atoms with E-state index in [9.17, 15) is 9.59 Å². The number of amides is 1. The van der Waals surface area contributed by atoms with Gasteiger partial charge in [-0.25, -0.2) is 0 Å². The quantitative estimate of drug-likeness (QED) is 0.736. The van der Waals surface area contributed by atoms with Crippen LogP contribution < -0.4 is 0 Å². The molecule has 0 radical (unpaired) electrons. The van der Waals surface area contributed by atoms with Crippen LogP contribution in [0.5, 0.6) is 0 Å². The third-order valence-electron chi connectivity index (χ3n) is 3.37. The molecule has 23 heavy (non-hydrogen) atoms. The number of benzene rings is 1. The number of rotatable bonds is 7. The van der Waals surface area contributed by atoms with Gasteiger partial charge in [0.15, 0.2) is 0 Å². The van der Waals surface area contributed by atoms with Crippen LogP contribution in [0, 0.1) is 6.92 Å². The molecule has 0 spiro atoms. The summed E-state index contributed by atoms with van der Waals surface area (Å²) in [7, 11) is 0. The molecule has 0 saturated carbocycles. The molecule has 1 amide bonds. The second kappa shape index (κ2) is 8.17. The lowest BCUT2D eigenvalue weighted by atomic mass is 10.1. The molecule has 5 nitrogen and oxygen atoms in total. The molecule has 1 aromatic heterocycles. The minimum Gasteiger partial charge on any atom is -0.467 e. The van der Waals surface area contributed by atoms with Crippen molar-refractivity contribution in [3.8, 4) is 0 Å². The Morgan fingerprint density at radius 1 is 1.22 bits per heavy atom. The molecular formula is C18H21NO4. The Morgan fingerprint density at radius 2 is 2.04 bits per heavy atom. The van der Waals surface area contributed by atoms with Gasteiger partial charge < -0.3 is 14.1 Å². The number of ether oxygens (including phenoxy) is 1. The first kappa shape index (κ1) is 16.8. The lowest BCUT2D eigenvalue weighted by Gasteiger charge is -2.21. The monoisotopic (exact) mass is 315 g/mol. The molecular weight excluding hydrogens is 294 g/mol. The van der Waals surface area contributed by atoms with E-state index in [0.717, 1.165) is 5.56 Å². The Labute approximate surface area is 135 Å². The van der Waals surface area contributed by atoms with E-state index in [1.54, 1.807) is 36.3 Å². The van der Waals surface area contributed by atoms with Crippen molar-refractivity contribution in [3.63, 3.8) is 0 Å². The summed E-state index contributed by atoms with van der Waals surface area (Å²) in [5.74, 6) is 0.234. The highest BCUT2D eigenvalue weighted by molar-refractivity contribution is 5.94. The fraction of sp³-hybridized carbons (Fsp3) is 0.333. The SMILES string of the molecule is CCOC(=O)CCN(Cc1ccco1)C(=O)c1cccc(C)c1. The number of carbonyl (C=O) groups is 2. The Bertz CT molecular complexity index is 649. The highest BCUT2D eigenvalue weighted by Gasteiger charge is 2.18. The fourth-order valence-corrected chi connectivity index (χ4v) is 2.26. The largest absolute Gasteiger partial charge is 0.467 e. The second-order valence-electron chi connectivity index (χ2n) is 5.23. The number of hydrogen-bond acceptors (Lipinski definition) is 4. The van der Waals surface area contributed by atoms with Gasteiger partial charge in [0.1, 0.15) is 5.76 Å². The van der Waals surface area contributed by atoms with Crippen molar-refractivity contribution in [1.82, 2.24) is 4.90 Å². The second-order valence-corrected chi connectivity index (χ2v) is 5.23. The molecule has 0 fully saturated rings. The van der Waals surface area contributed by atoms with Crippen LogP contribution in [0.1, 0.15) is 35.0 Å². The van der Waals surface area contributed by atoms with Gasteiger partial charge in [0.05, 0.1) is 25.8 Å². The fourth-order valence-electron chi connectivity index (χ4n) is 2.26. The summed E-state index contributed by atoms with van der Waals surface area (Å²) in [6.45, 7) is 4.64. The highest BCUT2D eigenvalue weighted by Crippen LogP contribution is 2.13. The lowest BCUT2D eigenvalue weighted by Crippen LogP contribution is -2.32. The molecule has 0 aliphatic rings. The summed E-state index contributed by atoms with van der Waals surface area (Å²) in [5, 5.41) is 0. The van der Waals surface area contributed by atoms with Crippen molar-refractivity contribution < 1.29 is 18.7 Å². The molecule has 2 rings (SSSR count). The minimum atomic E-state index is -0.311. The zero-order valence-corrected chi connectivity index (χ0v) is 13.5. The standard InChI is InChI=1S/C18H21NO4/c1-3-22-17(20)9-10-19(13-16-8-5-11-23-16)18(21)15-7-4-6-14(2)12-15/h4-8,11-12H,3,9-10,13H2,1-2H3. The first-order valence-corrected chi connectivity index (χ1v) is 7.64. The van der Waals surface area contributed by atoms with Crippen LogP contribution in [0.3, 0.4) is 0 Å². The number of carbonyl (C=O) groups excluding carboxylic acids is 2. The van der Waals surface area contributed by atoms with Gasteiger partial charge >= 0.3 is 5.97 Å². The van der Waals surface area contributed by atoms with E-state index in [1.165, 1.54) is 0 Å². The van der Waals surface area contributed by atoms with E-state index in [-0.39, 0.29) is 24.8 Å². The van der Waals surface area contributed by atoms with E-state index < -0.39 is 0 Å². The molecule has 5 heteroatoms. The van der Waals surface area contributed by atoms with Crippen molar-refractivity contribution in [2.24, 2.45) is 0 Å². The van der Waals surface area contributed by atoms with Gasteiger partial charge in [-0.3, -0.25) is 9.59 Å². The molecule has 0 bridgehead atoms. The van der Waals surface area contributed by atoms with Crippen LogP contribution in [0.25, 0.3) is 0 Å². The van der Waals surface area contributed by atoms with E-state index in [1.807, 2.05) is 25.1 Å². The Hall–Kier alpha value is -2.56. The summed E-state index contributed by atoms with van der Waals surface area (Å²) >= 11 is 0. The molecule has 1 aromatic carbocycles. The van der Waals surface area contributed by atoms with Gasteiger partial charge in [-0.15, -0.1) is 0 Å². The molecule has 0 N–H and O–H groups in total. The van der Waals surface area contributed by atoms with Gasteiger partial charge in [0.25, 0.3) is 5.91 Å². The molecule has 0 atom stereocenters. The van der Waals surface area contributed by atoms with E-state index in [2.05, 4.69) is 0 Å². The maximum Gasteiger partial charge on any atom is 0.307 e. The third kappa shape index (κ3) is 4.98. The molecule has 0 unspecified atom stereocenters. The van der Waals surface area contributed by atoms with Crippen molar-refractivity contribution in [3.05, 3.63) is 59.5 Å². The van der Waals surface area contributed by atoms with Crippen LogP contribution in [0.2, 0.25) is 0 Å². The lowest BCUT2D eigenvalue weighted by molar-refractivity contribution is -0.143. The summed E-state index contributed by atoms with van der Waals surface area (Å²) in [5.41, 5.74) is 1.61. The van der Waals surface area contributed by atoms with Crippen molar-refractivity contribution >= 4 is 11.9 Å². The predicted molar refractivity (Wildman–Crippen MR) is 85.9 cm³/mol. The molecule has 0 aliphatic heterocycles. The first-order valence-electron chi connectivity index (χ1n) is 7.64. The minimum absolute atomic E-state index is 0.130.